The van der Waals surface area contributed by atoms with Gasteiger partial charge >= 0.3 is 12.0 Å². The topological polar surface area (TPSA) is 109 Å². The Kier molecular flexibility index (Phi) is 6.81. The summed E-state index contributed by atoms with van der Waals surface area (Å²) >= 11 is 7.30. The molecular formula is C19H22ClN5O3S. The summed E-state index contributed by atoms with van der Waals surface area (Å²) in [4.78, 5) is 29.4. The van der Waals surface area contributed by atoms with Crippen LogP contribution in [0.15, 0.2) is 40.7 Å². The first-order valence-corrected chi connectivity index (χ1v) is 10.5. The van der Waals surface area contributed by atoms with Crippen LogP contribution in [-0.4, -0.2) is 39.5 Å². The van der Waals surface area contributed by atoms with Crippen molar-refractivity contribution in [1.29, 1.82) is 0 Å². The van der Waals surface area contributed by atoms with Gasteiger partial charge in [-0.25, -0.2) is 14.6 Å². The number of halogens is 1. The highest BCUT2D eigenvalue weighted by atomic mass is 35.5. The lowest BCUT2D eigenvalue weighted by Gasteiger charge is -2.29. The molecule has 29 heavy (non-hydrogen) atoms. The van der Waals surface area contributed by atoms with E-state index in [0.29, 0.717) is 27.2 Å². The Hall–Kier alpha value is -2.52. The molecule has 1 aliphatic heterocycles. The van der Waals surface area contributed by atoms with Gasteiger partial charge in [-0.2, -0.15) is 0 Å². The highest BCUT2D eigenvalue weighted by Gasteiger charge is 2.33. The number of rotatable bonds is 7. The van der Waals surface area contributed by atoms with Gasteiger partial charge in [-0.3, -0.25) is 5.10 Å². The van der Waals surface area contributed by atoms with Gasteiger partial charge in [-0.05, 0) is 24.6 Å². The van der Waals surface area contributed by atoms with Crippen molar-refractivity contribution < 1.29 is 14.3 Å². The number of urea groups is 1. The van der Waals surface area contributed by atoms with Crippen molar-refractivity contribution in [3.8, 4) is 0 Å². The number of thioether (sulfide) groups is 1. The molecule has 1 atom stereocenters. The smallest absolute Gasteiger partial charge is 0.338 e. The van der Waals surface area contributed by atoms with Crippen LogP contribution in [0.2, 0.25) is 5.02 Å². The second-order valence-electron chi connectivity index (χ2n) is 6.64. The summed E-state index contributed by atoms with van der Waals surface area (Å²) in [5.41, 5.74) is 1.55. The number of nitrogens with zero attached hydrogens (tertiary/aromatic N) is 2. The van der Waals surface area contributed by atoms with Crippen molar-refractivity contribution in [3.63, 3.8) is 0 Å². The summed E-state index contributed by atoms with van der Waals surface area (Å²) < 4.78 is 5.25. The van der Waals surface area contributed by atoms with E-state index in [1.165, 1.54) is 11.8 Å². The number of benzene rings is 1. The largest absolute Gasteiger partial charge is 0.463 e. The summed E-state index contributed by atoms with van der Waals surface area (Å²) in [6, 6.07) is 5.92. The van der Waals surface area contributed by atoms with E-state index >= 15 is 0 Å². The minimum atomic E-state index is -0.644. The van der Waals surface area contributed by atoms with Gasteiger partial charge < -0.3 is 15.4 Å². The van der Waals surface area contributed by atoms with Gasteiger partial charge in [-0.1, -0.05) is 49.3 Å². The molecule has 1 aromatic heterocycles. The third-order valence-corrected chi connectivity index (χ3v) is 5.35. The first-order valence-electron chi connectivity index (χ1n) is 9.17. The quantitative estimate of drug-likeness (QED) is 0.453. The molecule has 0 fully saturated rings. The zero-order valence-corrected chi connectivity index (χ0v) is 17.9. The van der Waals surface area contributed by atoms with Crippen LogP contribution in [0.1, 0.15) is 44.1 Å². The fourth-order valence-corrected chi connectivity index (χ4v) is 3.70. The van der Waals surface area contributed by atoms with Gasteiger partial charge in [0.15, 0.2) is 0 Å². The number of carbonyl (C=O) groups is 2. The summed E-state index contributed by atoms with van der Waals surface area (Å²) in [6.45, 7) is 5.99. The second kappa shape index (κ2) is 9.32. The second-order valence-corrected chi connectivity index (χ2v) is 8.02. The summed E-state index contributed by atoms with van der Waals surface area (Å²) in [7, 11) is 0. The number of esters is 1. The van der Waals surface area contributed by atoms with E-state index in [2.05, 4.69) is 25.8 Å². The van der Waals surface area contributed by atoms with Gasteiger partial charge in [-0.15, -0.1) is 5.10 Å². The van der Waals surface area contributed by atoms with Crippen molar-refractivity contribution in [2.45, 2.75) is 37.9 Å². The van der Waals surface area contributed by atoms with Gasteiger partial charge in [0.2, 0.25) is 5.16 Å². The van der Waals surface area contributed by atoms with E-state index in [4.69, 9.17) is 16.3 Å². The van der Waals surface area contributed by atoms with Crippen molar-refractivity contribution in [1.82, 2.24) is 25.8 Å². The van der Waals surface area contributed by atoms with Gasteiger partial charge in [0.05, 0.1) is 18.2 Å². The molecule has 0 spiro atoms. The summed E-state index contributed by atoms with van der Waals surface area (Å²) in [6.07, 6.45) is 0. The van der Waals surface area contributed by atoms with Gasteiger partial charge in [0.1, 0.15) is 5.82 Å². The van der Waals surface area contributed by atoms with E-state index in [0.717, 1.165) is 11.4 Å². The van der Waals surface area contributed by atoms with Gasteiger partial charge in [0, 0.05) is 22.4 Å². The first kappa shape index (κ1) is 21.2. The predicted octanol–water partition coefficient (Wildman–Crippen LogP) is 3.54. The van der Waals surface area contributed by atoms with Crippen LogP contribution in [0.3, 0.4) is 0 Å². The highest BCUT2D eigenvalue weighted by molar-refractivity contribution is 7.99. The molecule has 3 rings (SSSR count). The Morgan fingerprint density at radius 2 is 2.03 bits per heavy atom. The SMILES string of the molecule is CCOC(=O)C1=C(CSc2n[nH]c(C(C)C)n2)NC(=O)NC1c1ccc(Cl)cc1. The van der Waals surface area contributed by atoms with Crippen LogP contribution in [0.25, 0.3) is 0 Å². The molecular weight excluding hydrogens is 414 g/mol. The fraction of sp³-hybridized carbons (Fsp3) is 0.368. The van der Waals surface area contributed by atoms with E-state index in [1.54, 1.807) is 31.2 Å². The molecule has 10 heteroatoms. The Morgan fingerprint density at radius 3 is 2.66 bits per heavy atom. The third kappa shape index (κ3) is 5.10. The zero-order valence-electron chi connectivity index (χ0n) is 16.3. The molecule has 3 N–H and O–H groups in total. The van der Waals surface area contributed by atoms with Crippen molar-refractivity contribution in [2.75, 3.05) is 12.4 Å². The van der Waals surface area contributed by atoms with Crippen LogP contribution in [-0.2, 0) is 9.53 Å². The van der Waals surface area contributed by atoms with Crippen LogP contribution < -0.4 is 10.6 Å². The van der Waals surface area contributed by atoms with Crippen molar-refractivity contribution in [3.05, 3.63) is 51.9 Å². The maximum Gasteiger partial charge on any atom is 0.338 e. The number of nitrogens with one attached hydrogen (secondary N) is 3. The van der Waals surface area contributed by atoms with Crippen LogP contribution >= 0.6 is 23.4 Å². The van der Waals surface area contributed by atoms with E-state index in [1.807, 2.05) is 13.8 Å². The average molecular weight is 436 g/mol. The molecule has 1 aromatic carbocycles. The lowest BCUT2D eigenvalue weighted by molar-refractivity contribution is -0.139. The predicted molar refractivity (Wildman–Crippen MR) is 111 cm³/mol. The monoisotopic (exact) mass is 435 g/mol. The molecule has 154 valence electrons. The minimum absolute atomic E-state index is 0.221. The molecule has 2 heterocycles. The molecule has 2 aromatic rings. The average Bonchev–Trinajstić information content (AvgIpc) is 3.16. The van der Waals surface area contributed by atoms with E-state index in [-0.39, 0.29) is 12.5 Å². The lowest BCUT2D eigenvalue weighted by Crippen LogP contribution is -2.46. The van der Waals surface area contributed by atoms with Gasteiger partial charge in [0.25, 0.3) is 0 Å². The fourth-order valence-electron chi connectivity index (χ4n) is 2.80. The number of hydrogen-bond acceptors (Lipinski definition) is 6. The standard InChI is InChI=1S/C19H22ClN5O3S/c1-4-28-17(26)14-13(9-29-19-23-16(10(2)3)24-25-19)21-18(27)22-15(14)11-5-7-12(20)8-6-11/h5-8,10,15H,4,9H2,1-3H3,(H2,21,22,27)(H,23,24,25). The molecule has 8 nitrogen and oxygen atoms in total. The number of aromatic amines is 1. The van der Waals surface area contributed by atoms with E-state index in [9.17, 15) is 9.59 Å². The van der Waals surface area contributed by atoms with Crippen molar-refractivity contribution >= 4 is 35.4 Å². The third-order valence-electron chi connectivity index (χ3n) is 4.23. The number of aromatic nitrogens is 3. The number of H-pyrrole nitrogens is 1. The molecule has 0 bridgehead atoms. The Labute approximate surface area is 177 Å². The number of ether oxygens (including phenoxy) is 1. The number of hydrogen-bond donors (Lipinski definition) is 3. The normalized spacial score (nSPS) is 16.6. The molecule has 2 amide bonds. The van der Waals surface area contributed by atoms with Crippen LogP contribution in [0, 0.1) is 0 Å². The first-order chi connectivity index (χ1) is 13.9. The maximum absolute atomic E-state index is 12.7. The molecule has 1 aliphatic rings. The molecule has 0 radical (unpaired) electrons. The van der Waals surface area contributed by atoms with Crippen LogP contribution in [0.4, 0.5) is 4.79 Å². The summed E-state index contributed by atoms with van der Waals surface area (Å²) in [5.74, 6) is 0.814. The van der Waals surface area contributed by atoms with Crippen molar-refractivity contribution in [2.24, 2.45) is 0 Å². The summed E-state index contributed by atoms with van der Waals surface area (Å²) in [5, 5.41) is 13.7. The van der Waals surface area contributed by atoms with E-state index < -0.39 is 18.0 Å². The molecule has 0 saturated carbocycles. The Balaban J connectivity index is 1.92. The lowest BCUT2D eigenvalue weighted by atomic mass is 9.95. The minimum Gasteiger partial charge on any atom is -0.463 e. The number of amides is 2. The Bertz CT molecular complexity index is 926. The highest BCUT2D eigenvalue weighted by Crippen LogP contribution is 2.30. The zero-order chi connectivity index (χ0) is 21.0. The Morgan fingerprint density at radius 1 is 1.31 bits per heavy atom. The maximum atomic E-state index is 12.7. The molecule has 0 aliphatic carbocycles. The molecule has 0 saturated heterocycles. The molecule has 1 unspecified atom stereocenters. The number of carbonyl (C=O) groups excluding carboxylic acids is 2. The van der Waals surface area contributed by atoms with Crippen LogP contribution in [0.5, 0.6) is 0 Å².